The van der Waals surface area contributed by atoms with Crippen molar-refractivity contribution in [2.45, 2.75) is 6.92 Å². The van der Waals surface area contributed by atoms with Crippen LogP contribution >= 0.6 is 0 Å². The molecule has 0 radical (unpaired) electrons. The normalized spacial score (nSPS) is 9.74. The van der Waals surface area contributed by atoms with Gasteiger partial charge in [-0.1, -0.05) is 0 Å². The number of carbonyl (C=O) groups excluding carboxylic acids is 1. The fourth-order valence-electron chi connectivity index (χ4n) is 1.70. The zero-order valence-electron chi connectivity index (χ0n) is 10.8. The zero-order valence-corrected chi connectivity index (χ0v) is 10.8. The minimum absolute atomic E-state index is 0.0485. The third-order valence-electron chi connectivity index (χ3n) is 2.88. The van der Waals surface area contributed by atoms with Gasteiger partial charge in [0, 0.05) is 19.7 Å². The minimum atomic E-state index is -0.0485. The number of anilines is 2. The van der Waals surface area contributed by atoms with Crippen molar-refractivity contribution in [2.24, 2.45) is 0 Å². The summed E-state index contributed by atoms with van der Waals surface area (Å²) < 4.78 is 0. The van der Waals surface area contributed by atoms with Crippen LogP contribution in [0.5, 0.6) is 0 Å². The maximum Gasteiger partial charge on any atom is 0.178 e. The van der Waals surface area contributed by atoms with Crippen LogP contribution in [0.1, 0.15) is 23.0 Å². The van der Waals surface area contributed by atoms with E-state index in [-0.39, 0.29) is 5.78 Å². The van der Waals surface area contributed by atoms with E-state index in [1.165, 1.54) is 6.92 Å². The van der Waals surface area contributed by atoms with Crippen molar-refractivity contribution in [1.82, 2.24) is 4.98 Å². The molecule has 0 aliphatic heterocycles. The molecule has 0 aliphatic carbocycles. The van der Waals surface area contributed by atoms with E-state index in [2.05, 4.69) is 11.1 Å². The smallest absolute Gasteiger partial charge is 0.178 e. The van der Waals surface area contributed by atoms with Gasteiger partial charge in [0.25, 0.3) is 0 Å². The van der Waals surface area contributed by atoms with Crippen molar-refractivity contribution >= 4 is 17.2 Å². The molecule has 0 spiro atoms. The summed E-state index contributed by atoms with van der Waals surface area (Å²) in [4.78, 5) is 17.2. The van der Waals surface area contributed by atoms with Crippen LogP contribution in [0.3, 0.4) is 0 Å². The minimum Gasteiger partial charge on any atom is -0.343 e. The lowest BCUT2D eigenvalue weighted by Gasteiger charge is -2.19. The van der Waals surface area contributed by atoms with Crippen molar-refractivity contribution < 1.29 is 4.79 Å². The fraction of sp³-hybridized carbons (Fsp3) is 0.133. The predicted molar refractivity (Wildman–Crippen MR) is 73.5 cm³/mol. The Labute approximate surface area is 111 Å². The molecular formula is C15H13N3O. The molecule has 4 nitrogen and oxygen atoms in total. The Morgan fingerprint density at radius 3 is 2.26 bits per heavy atom. The number of carbonyl (C=O) groups is 1. The monoisotopic (exact) mass is 251 g/mol. The van der Waals surface area contributed by atoms with E-state index >= 15 is 0 Å². The highest BCUT2D eigenvalue weighted by molar-refractivity contribution is 5.92. The molecule has 0 amide bonds. The van der Waals surface area contributed by atoms with Crippen LogP contribution in [0.25, 0.3) is 0 Å². The highest BCUT2D eigenvalue weighted by Gasteiger charge is 2.06. The topological polar surface area (TPSA) is 57.0 Å². The quantitative estimate of drug-likeness (QED) is 0.787. The number of pyridine rings is 1. The van der Waals surface area contributed by atoms with Crippen LogP contribution in [-0.4, -0.2) is 17.8 Å². The Hall–Kier alpha value is -2.67. The molecule has 94 valence electrons. The Morgan fingerprint density at radius 1 is 1.16 bits per heavy atom. The molecule has 0 atom stereocenters. The molecule has 1 aromatic heterocycles. The maximum atomic E-state index is 11.2. The third kappa shape index (κ3) is 2.78. The molecule has 0 unspecified atom stereocenters. The Balaban J connectivity index is 2.25. The number of Topliss-reactive ketones (excluding diaryl/α,β-unsaturated/α-hetero) is 1. The highest BCUT2D eigenvalue weighted by atomic mass is 16.1. The number of rotatable bonds is 3. The zero-order chi connectivity index (χ0) is 13.8. The van der Waals surface area contributed by atoms with Gasteiger partial charge < -0.3 is 4.90 Å². The number of hydrogen-bond donors (Lipinski definition) is 0. The molecule has 4 heteroatoms. The van der Waals surface area contributed by atoms with Crippen molar-refractivity contribution in [3.8, 4) is 6.07 Å². The first-order valence-corrected chi connectivity index (χ1v) is 5.82. The standard InChI is InChI=1S/C15H13N3O/c1-11(19)15-8-7-14(10-17-15)18(2)13-5-3-12(9-16)4-6-13/h3-8,10H,1-2H3. The second-order valence-corrected chi connectivity index (χ2v) is 4.18. The van der Waals surface area contributed by atoms with Gasteiger partial charge in [0.15, 0.2) is 5.78 Å². The number of aromatic nitrogens is 1. The second-order valence-electron chi connectivity index (χ2n) is 4.18. The van der Waals surface area contributed by atoms with Crippen LogP contribution < -0.4 is 4.90 Å². The average molecular weight is 251 g/mol. The van der Waals surface area contributed by atoms with Crippen molar-refractivity contribution in [1.29, 1.82) is 5.26 Å². The van der Waals surface area contributed by atoms with E-state index in [4.69, 9.17) is 5.26 Å². The lowest BCUT2D eigenvalue weighted by atomic mass is 10.2. The first-order valence-electron chi connectivity index (χ1n) is 5.82. The number of benzene rings is 1. The number of nitriles is 1. The second kappa shape index (κ2) is 5.32. The summed E-state index contributed by atoms with van der Waals surface area (Å²) in [6, 6.07) is 12.9. The first-order chi connectivity index (χ1) is 9.11. The maximum absolute atomic E-state index is 11.2. The van der Waals surface area contributed by atoms with Gasteiger partial charge >= 0.3 is 0 Å². The molecule has 1 aromatic carbocycles. The summed E-state index contributed by atoms with van der Waals surface area (Å²) >= 11 is 0. The molecule has 0 aliphatic rings. The Kier molecular flexibility index (Phi) is 3.58. The SMILES string of the molecule is CC(=O)c1ccc(N(C)c2ccc(C#N)cc2)cn1. The van der Waals surface area contributed by atoms with E-state index in [1.54, 1.807) is 24.4 Å². The Morgan fingerprint density at radius 2 is 1.79 bits per heavy atom. The van der Waals surface area contributed by atoms with Crippen molar-refractivity contribution in [3.63, 3.8) is 0 Å². The summed E-state index contributed by atoms with van der Waals surface area (Å²) in [5.41, 5.74) is 2.92. The van der Waals surface area contributed by atoms with Gasteiger partial charge in [0.05, 0.1) is 23.5 Å². The molecule has 0 bridgehead atoms. The molecule has 0 fully saturated rings. The van der Waals surface area contributed by atoms with Crippen molar-refractivity contribution in [2.75, 3.05) is 11.9 Å². The molecule has 0 N–H and O–H groups in total. The van der Waals surface area contributed by atoms with Gasteiger partial charge in [0.1, 0.15) is 5.69 Å². The van der Waals surface area contributed by atoms with Gasteiger partial charge in [-0.25, -0.2) is 0 Å². The van der Waals surface area contributed by atoms with E-state index in [9.17, 15) is 4.79 Å². The lowest BCUT2D eigenvalue weighted by molar-refractivity contribution is 0.101. The molecule has 1 heterocycles. The molecule has 19 heavy (non-hydrogen) atoms. The highest BCUT2D eigenvalue weighted by Crippen LogP contribution is 2.23. The Bertz CT molecular complexity index is 624. The lowest BCUT2D eigenvalue weighted by Crippen LogP contribution is -2.10. The van der Waals surface area contributed by atoms with Gasteiger partial charge in [0.2, 0.25) is 0 Å². The van der Waals surface area contributed by atoms with E-state index in [1.807, 2.05) is 30.1 Å². The van der Waals surface area contributed by atoms with Crippen LogP contribution in [-0.2, 0) is 0 Å². The molecule has 2 aromatic rings. The van der Waals surface area contributed by atoms with Gasteiger partial charge in [-0.2, -0.15) is 5.26 Å². The molecule has 2 rings (SSSR count). The number of hydrogen-bond acceptors (Lipinski definition) is 4. The van der Waals surface area contributed by atoms with E-state index in [0.717, 1.165) is 11.4 Å². The number of ketones is 1. The largest absolute Gasteiger partial charge is 0.343 e. The summed E-state index contributed by atoms with van der Waals surface area (Å²) in [6.45, 7) is 1.49. The van der Waals surface area contributed by atoms with Crippen LogP contribution in [0.4, 0.5) is 11.4 Å². The van der Waals surface area contributed by atoms with Crippen LogP contribution in [0.2, 0.25) is 0 Å². The summed E-state index contributed by atoms with van der Waals surface area (Å²) in [5.74, 6) is -0.0485. The van der Waals surface area contributed by atoms with E-state index in [0.29, 0.717) is 11.3 Å². The van der Waals surface area contributed by atoms with Crippen LogP contribution in [0, 0.1) is 11.3 Å². The first kappa shape index (κ1) is 12.8. The number of nitrogens with zero attached hydrogens (tertiary/aromatic N) is 3. The average Bonchev–Trinajstić information content (AvgIpc) is 2.46. The summed E-state index contributed by atoms with van der Waals surface area (Å²) in [7, 11) is 1.91. The fourth-order valence-corrected chi connectivity index (χ4v) is 1.70. The van der Waals surface area contributed by atoms with Crippen molar-refractivity contribution in [3.05, 3.63) is 53.9 Å². The molecule has 0 saturated carbocycles. The van der Waals surface area contributed by atoms with Gasteiger partial charge in [-0.15, -0.1) is 0 Å². The summed E-state index contributed by atoms with van der Waals surface area (Å²) in [6.07, 6.45) is 1.66. The van der Waals surface area contributed by atoms with Gasteiger partial charge in [-0.3, -0.25) is 9.78 Å². The van der Waals surface area contributed by atoms with Gasteiger partial charge in [-0.05, 0) is 36.4 Å². The predicted octanol–water partition coefficient (Wildman–Crippen LogP) is 2.92. The third-order valence-corrected chi connectivity index (χ3v) is 2.88. The molecular weight excluding hydrogens is 238 g/mol. The van der Waals surface area contributed by atoms with Crippen LogP contribution in [0.15, 0.2) is 42.6 Å². The van der Waals surface area contributed by atoms with E-state index < -0.39 is 0 Å². The molecule has 0 saturated heterocycles. The summed E-state index contributed by atoms with van der Waals surface area (Å²) in [5, 5.41) is 8.76.